The number of benzene rings is 2. The Kier molecular flexibility index (Phi) is 6.13. The molecule has 0 aliphatic rings. The first kappa shape index (κ1) is 19.7. The monoisotopic (exact) mass is 399 g/mol. The third-order valence-electron chi connectivity index (χ3n) is 4.02. The first-order chi connectivity index (χ1) is 13.5. The van der Waals surface area contributed by atoms with Crippen LogP contribution in [0, 0.1) is 5.82 Å². The lowest BCUT2D eigenvalue weighted by atomic mass is 9.99. The average Bonchev–Trinajstić information content (AvgIpc) is 2.73. The van der Waals surface area contributed by atoms with Gasteiger partial charge in [-0.3, -0.25) is 9.78 Å². The van der Waals surface area contributed by atoms with Gasteiger partial charge in [-0.05, 0) is 47.5 Å². The zero-order valence-corrected chi connectivity index (χ0v) is 15.6. The second-order valence-corrected chi connectivity index (χ2v) is 7.74. The maximum atomic E-state index is 13.3. The molecule has 0 radical (unpaired) electrons. The van der Waals surface area contributed by atoms with Crippen molar-refractivity contribution in [2.75, 3.05) is 6.54 Å². The Morgan fingerprint density at radius 1 is 0.929 bits per heavy atom. The molecule has 6 nitrogen and oxygen atoms in total. The number of halogens is 1. The highest BCUT2D eigenvalue weighted by molar-refractivity contribution is 7.89. The molecule has 3 rings (SSSR count). The number of nitrogens with one attached hydrogen (secondary N) is 2. The topological polar surface area (TPSA) is 88.2 Å². The molecule has 0 saturated carbocycles. The van der Waals surface area contributed by atoms with Gasteiger partial charge in [-0.25, -0.2) is 17.5 Å². The number of rotatable bonds is 7. The van der Waals surface area contributed by atoms with Crippen molar-refractivity contribution < 1.29 is 17.6 Å². The lowest BCUT2D eigenvalue weighted by Crippen LogP contribution is -2.39. The van der Waals surface area contributed by atoms with E-state index < -0.39 is 28.5 Å². The Bertz CT molecular complexity index is 1030. The number of nitrogens with zero attached hydrogens (tertiary/aromatic N) is 1. The summed E-state index contributed by atoms with van der Waals surface area (Å²) >= 11 is 0. The van der Waals surface area contributed by atoms with E-state index in [0.29, 0.717) is 5.56 Å². The molecular formula is C20H18FN3O3S. The zero-order chi connectivity index (χ0) is 20.0. The lowest BCUT2D eigenvalue weighted by molar-refractivity contribution is -0.120. The summed E-state index contributed by atoms with van der Waals surface area (Å²) in [5, 5.41) is 2.78. The fourth-order valence-corrected chi connectivity index (χ4v) is 3.63. The molecule has 0 fully saturated rings. The number of sulfonamides is 1. The normalized spacial score (nSPS) is 12.3. The van der Waals surface area contributed by atoms with E-state index in [1.54, 1.807) is 54.9 Å². The van der Waals surface area contributed by atoms with E-state index >= 15 is 0 Å². The van der Waals surface area contributed by atoms with Crippen LogP contribution in [0.4, 0.5) is 4.39 Å². The molecule has 1 amide bonds. The van der Waals surface area contributed by atoms with Gasteiger partial charge in [-0.1, -0.05) is 30.3 Å². The summed E-state index contributed by atoms with van der Waals surface area (Å²) in [7, 11) is -3.80. The predicted octanol–water partition coefficient (Wildman–Crippen LogP) is 2.40. The molecule has 0 bridgehead atoms. The molecule has 0 aliphatic heterocycles. The van der Waals surface area contributed by atoms with Crippen molar-refractivity contribution in [1.82, 2.24) is 15.0 Å². The highest BCUT2D eigenvalue weighted by Gasteiger charge is 2.19. The maximum absolute atomic E-state index is 13.3. The van der Waals surface area contributed by atoms with E-state index in [1.165, 1.54) is 24.3 Å². The van der Waals surface area contributed by atoms with Gasteiger partial charge in [0.25, 0.3) is 0 Å². The van der Waals surface area contributed by atoms with Gasteiger partial charge in [0, 0.05) is 12.4 Å². The Hall–Kier alpha value is -3.10. The van der Waals surface area contributed by atoms with Gasteiger partial charge in [0.1, 0.15) is 5.82 Å². The van der Waals surface area contributed by atoms with E-state index in [2.05, 4.69) is 15.0 Å². The first-order valence-corrected chi connectivity index (χ1v) is 9.93. The molecule has 1 aromatic heterocycles. The predicted molar refractivity (Wildman–Crippen MR) is 102 cm³/mol. The largest absolute Gasteiger partial charge is 0.344 e. The van der Waals surface area contributed by atoms with Crippen LogP contribution in [0.5, 0.6) is 0 Å². The number of hydrogen-bond donors (Lipinski definition) is 2. The third kappa shape index (κ3) is 4.99. The smallest absolute Gasteiger partial charge is 0.241 e. The summed E-state index contributed by atoms with van der Waals surface area (Å²) < 4.78 is 40.1. The number of aromatic nitrogens is 1. The van der Waals surface area contributed by atoms with Crippen LogP contribution in [0.2, 0.25) is 0 Å². The average molecular weight is 399 g/mol. The van der Waals surface area contributed by atoms with Gasteiger partial charge >= 0.3 is 0 Å². The minimum Gasteiger partial charge on any atom is -0.344 e. The van der Waals surface area contributed by atoms with E-state index in [4.69, 9.17) is 0 Å². The summed E-state index contributed by atoms with van der Waals surface area (Å²) in [6.45, 7) is -0.431. The molecular weight excluding hydrogens is 381 g/mol. The van der Waals surface area contributed by atoms with Gasteiger partial charge in [-0.15, -0.1) is 0 Å². The lowest BCUT2D eigenvalue weighted by Gasteiger charge is -2.20. The molecule has 2 N–H and O–H groups in total. The summed E-state index contributed by atoms with van der Waals surface area (Å²) in [5.74, 6) is -0.912. The summed E-state index contributed by atoms with van der Waals surface area (Å²) in [4.78, 5) is 16.4. The highest BCUT2D eigenvalue weighted by Crippen LogP contribution is 2.21. The van der Waals surface area contributed by atoms with Crippen molar-refractivity contribution in [3.05, 3.63) is 96.1 Å². The Balaban J connectivity index is 1.74. The molecule has 1 heterocycles. The van der Waals surface area contributed by atoms with Crippen LogP contribution in [-0.4, -0.2) is 25.9 Å². The second-order valence-electron chi connectivity index (χ2n) is 5.97. The first-order valence-electron chi connectivity index (χ1n) is 8.45. The van der Waals surface area contributed by atoms with Gasteiger partial charge < -0.3 is 5.32 Å². The van der Waals surface area contributed by atoms with Crippen molar-refractivity contribution in [2.24, 2.45) is 0 Å². The van der Waals surface area contributed by atoms with Crippen LogP contribution in [0.3, 0.4) is 0 Å². The van der Waals surface area contributed by atoms with E-state index in [9.17, 15) is 17.6 Å². The fourth-order valence-electron chi connectivity index (χ4n) is 2.63. The molecule has 8 heteroatoms. The van der Waals surface area contributed by atoms with Gasteiger partial charge in [-0.2, -0.15) is 0 Å². The van der Waals surface area contributed by atoms with Gasteiger partial charge in [0.05, 0.1) is 17.5 Å². The molecule has 1 atom stereocenters. The van der Waals surface area contributed by atoms with Crippen molar-refractivity contribution in [2.45, 2.75) is 10.9 Å². The Morgan fingerprint density at radius 2 is 1.54 bits per heavy atom. The number of carbonyl (C=O) groups is 1. The van der Waals surface area contributed by atoms with E-state index in [1.807, 2.05) is 0 Å². The summed E-state index contributed by atoms with van der Waals surface area (Å²) in [6.07, 6.45) is 3.16. The SMILES string of the molecule is O=C(CNS(=O)(=O)c1ccccc1)NC(c1ccncc1)c1ccc(F)cc1. The quantitative estimate of drug-likeness (QED) is 0.639. The maximum Gasteiger partial charge on any atom is 0.241 e. The van der Waals surface area contributed by atoms with Crippen LogP contribution < -0.4 is 10.0 Å². The summed E-state index contributed by atoms with van der Waals surface area (Å²) in [6, 6.07) is 16.4. The van der Waals surface area contributed by atoms with Crippen LogP contribution in [-0.2, 0) is 14.8 Å². The highest BCUT2D eigenvalue weighted by atomic mass is 32.2. The number of carbonyl (C=O) groups excluding carboxylic acids is 1. The summed E-state index contributed by atoms with van der Waals surface area (Å²) in [5.41, 5.74) is 1.40. The van der Waals surface area contributed by atoms with Crippen LogP contribution in [0.15, 0.2) is 84.0 Å². The fraction of sp³-hybridized carbons (Fsp3) is 0.100. The van der Waals surface area contributed by atoms with Crippen molar-refractivity contribution in [3.63, 3.8) is 0 Å². The molecule has 144 valence electrons. The van der Waals surface area contributed by atoms with E-state index in [0.717, 1.165) is 5.56 Å². The number of pyridine rings is 1. The molecule has 1 unspecified atom stereocenters. The third-order valence-corrected chi connectivity index (χ3v) is 5.44. The van der Waals surface area contributed by atoms with Gasteiger partial charge in [0.2, 0.25) is 15.9 Å². The van der Waals surface area contributed by atoms with Crippen molar-refractivity contribution >= 4 is 15.9 Å². The van der Waals surface area contributed by atoms with Gasteiger partial charge in [0.15, 0.2) is 0 Å². The van der Waals surface area contributed by atoms with Crippen LogP contribution in [0.25, 0.3) is 0 Å². The number of hydrogen-bond acceptors (Lipinski definition) is 4. The van der Waals surface area contributed by atoms with Crippen molar-refractivity contribution in [1.29, 1.82) is 0 Å². The number of amides is 1. The standard InChI is InChI=1S/C20H18FN3O3S/c21-17-8-6-15(7-9-17)20(16-10-12-22-13-11-16)24-19(25)14-23-28(26,27)18-4-2-1-3-5-18/h1-13,20,23H,14H2,(H,24,25). The minimum atomic E-state index is -3.80. The zero-order valence-electron chi connectivity index (χ0n) is 14.7. The molecule has 2 aromatic carbocycles. The van der Waals surface area contributed by atoms with Crippen molar-refractivity contribution in [3.8, 4) is 0 Å². The Morgan fingerprint density at radius 3 is 2.18 bits per heavy atom. The van der Waals surface area contributed by atoms with Crippen LogP contribution >= 0.6 is 0 Å². The molecule has 0 spiro atoms. The molecule has 28 heavy (non-hydrogen) atoms. The molecule has 0 saturated heterocycles. The second kappa shape index (κ2) is 8.73. The molecule has 0 aliphatic carbocycles. The minimum absolute atomic E-state index is 0.0759. The van der Waals surface area contributed by atoms with E-state index in [-0.39, 0.29) is 10.7 Å². The van der Waals surface area contributed by atoms with Crippen LogP contribution in [0.1, 0.15) is 17.2 Å². The molecule has 3 aromatic rings. The Labute approximate surface area is 162 Å².